The lowest BCUT2D eigenvalue weighted by molar-refractivity contribution is -0.140. The second-order valence-electron chi connectivity index (χ2n) is 5.14. The molecule has 0 aliphatic rings. The van der Waals surface area contributed by atoms with Crippen LogP contribution in [0.25, 0.3) is 0 Å². The Morgan fingerprint density at radius 3 is 2.50 bits per heavy atom. The summed E-state index contributed by atoms with van der Waals surface area (Å²) in [6, 6.07) is -0.558. The van der Waals surface area contributed by atoms with Gasteiger partial charge in [-0.25, -0.2) is 9.97 Å². The smallest absolute Gasteiger partial charge is 0.320 e. The number of unbranched alkanes of at least 4 members (excludes halogenated alkanes) is 1. The number of hydrogen-bond acceptors (Lipinski definition) is 5. The van der Waals surface area contributed by atoms with Crippen molar-refractivity contribution in [2.24, 2.45) is 5.92 Å². The molecule has 0 fully saturated rings. The average molecular weight is 280 g/mol. The molecule has 6 heteroatoms. The summed E-state index contributed by atoms with van der Waals surface area (Å²) in [6.45, 7) is 7.20. The number of carboxylic acid groups (broad SMARTS) is 1. The summed E-state index contributed by atoms with van der Waals surface area (Å²) >= 11 is 0. The third-order valence-corrected chi connectivity index (χ3v) is 2.98. The van der Waals surface area contributed by atoms with E-state index >= 15 is 0 Å². The van der Waals surface area contributed by atoms with Crippen molar-refractivity contribution in [3.8, 4) is 0 Å². The quantitative estimate of drug-likeness (QED) is 0.599. The summed E-state index contributed by atoms with van der Waals surface area (Å²) in [5, 5.41) is 15.2. The molecule has 1 unspecified atom stereocenters. The Balaban J connectivity index is 2.46. The molecular weight excluding hydrogens is 256 g/mol. The lowest BCUT2D eigenvalue weighted by Crippen LogP contribution is -2.40. The number of rotatable bonds is 9. The Morgan fingerprint density at radius 1 is 1.35 bits per heavy atom. The Morgan fingerprint density at radius 2 is 2.00 bits per heavy atom. The molecule has 0 radical (unpaired) electrons. The predicted octanol–water partition coefficient (Wildman–Crippen LogP) is 1.89. The van der Waals surface area contributed by atoms with Crippen LogP contribution in [0.2, 0.25) is 0 Å². The van der Waals surface area contributed by atoms with Gasteiger partial charge in [-0.3, -0.25) is 10.1 Å². The molecule has 0 amide bonds. The van der Waals surface area contributed by atoms with Gasteiger partial charge in [0.15, 0.2) is 0 Å². The molecule has 0 aliphatic carbocycles. The number of carbonyl (C=O) groups is 1. The number of nitrogens with zero attached hydrogens (tertiary/aromatic N) is 2. The molecule has 0 bridgehead atoms. The molecule has 112 valence electrons. The van der Waals surface area contributed by atoms with Gasteiger partial charge in [-0.2, -0.15) is 0 Å². The van der Waals surface area contributed by atoms with Crippen LogP contribution in [0.1, 0.15) is 39.2 Å². The maximum atomic E-state index is 11.1. The second kappa shape index (κ2) is 8.47. The van der Waals surface area contributed by atoms with Gasteiger partial charge in [-0.1, -0.05) is 27.2 Å². The first-order valence-electron chi connectivity index (χ1n) is 7.05. The fourth-order valence-electron chi connectivity index (χ4n) is 1.75. The van der Waals surface area contributed by atoms with E-state index in [4.69, 9.17) is 5.11 Å². The summed E-state index contributed by atoms with van der Waals surface area (Å²) in [6.07, 6.45) is 5.64. The van der Waals surface area contributed by atoms with Crippen LogP contribution in [-0.2, 0) is 11.3 Å². The Kier molecular flexibility index (Phi) is 6.93. The van der Waals surface area contributed by atoms with Crippen molar-refractivity contribution in [1.29, 1.82) is 0 Å². The number of nitrogens with one attached hydrogen (secondary N) is 2. The Bertz CT molecular complexity index is 406. The molecule has 1 aromatic rings. The van der Waals surface area contributed by atoms with Crippen molar-refractivity contribution in [3.63, 3.8) is 0 Å². The molecule has 1 aromatic heterocycles. The van der Waals surface area contributed by atoms with Crippen molar-refractivity contribution in [3.05, 3.63) is 18.0 Å². The largest absolute Gasteiger partial charge is 0.480 e. The van der Waals surface area contributed by atoms with Gasteiger partial charge in [0.1, 0.15) is 6.04 Å². The zero-order chi connectivity index (χ0) is 15.0. The predicted molar refractivity (Wildman–Crippen MR) is 78.5 cm³/mol. The number of aliphatic carboxylic acids is 1. The normalized spacial score (nSPS) is 12.4. The van der Waals surface area contributed by atoms with Gasteiger partial charge in [0.2, 0.25) is 5.95 Å². The highest BCUT2D eigenvalue weighted by Gasteiger charge is 2.20. The van der Waals surface area contributed by atoms with E-state index in [1.807, 2.05) is 13.8 Å². The molecule has 1 heterocycles. The van der Waals surface area contributed by atoms with Crippen LogP contribution in [0.3, 0.4) is 0 Å². The van der Waals surface area contributed by atoms with Gasteiger partial charge >= 0.3 is 5.97 Å². The fourth-order valence-corrected chi connectivity index (χ4v) is 1.75. The lowest BCUT2D eigenvalue weighted by atomic mass is 10.0. The molecule has 0 aromatic carbocycles. The summed E-state index contributed by atoms with van der Waals surface area (Å²) < 4.78 is 0. The SMILES string of the molecule is CCCCNc1ncc(CNC(C(=O)O)C(C)C)cn1. The van der Waals surface area contributed by atoms with Crippen LogP contribution in [0, 0.1) is 5.92 Å². The molecule has 0 aliphatic heterocycles. The average Bonchev–Trinajstić information content (AvgIpc) is 2.40. The van der Waals surface area contributed by atoms with Gasteiger partial charge in [-0.15, -0.1) is 0 Å². The molecular formula is C14H24N4O2. The highest BCUT2D eigenvalue weighted by Crippen LogP contribution is 2.05. The summed E-state index contributed by atoms with van der Waals surface area (Å²) in [5.41, 5.74) is 0.873. The first-order chi connectivity index (χ1) is 9.54. The standard InChI is InChI=1S/C14H24N4O2/c1-4-5-6-15-14-17-8-11(9-18-14)7-16-12(10(2)3)13(19)20/h8-10,12,16H,4-7H2,1-3H3,(H,19,20)(H,15,17,18). The highest BCUT2D eigenvalue weighted by molar-refractivity contribution is 5.73. The summed E-state index contributed by atoms with van der Waals surface area (Å²) in [4.78, 5) is 19.5. The van der Waals surface area contributed by atoms with Gasteiger partial charge in [0, 0.05) is 31.0 Å². The van der Waals surface area contributed by atoms with Crippen LogP contribution >= 0.6 is 0 Å². The molecule has 0 saturated carbocycles. The van der Waals surface area contributed by atoms with Crippen LogP contribution < -0.4 is 10.6 Å². The van der Waals surface area contributed by atoms with Gasteiger partial charge in [0.25, 0.3) is 0 Å². The van der Waals surface area contributed by atoms with E-state index < -0.39 is 12.0 Å². The Hall–Kier alpha value is -1.69. The van der Waals surface area contributed by atoms with E-state index in [9.17, 15) is 4.79 Å². The molecule has 3 N–H and O–H groups in total. The molecule has 0 saturated heterocycles. The number of hydrogen-bond donors (Lipinski definition) is 3. The van der Waals surface area contributed by atoms with Crippen LogP contribution in [0.5, 0.6) is 0 Å². The number of aromatic nitrogens is 2. The minimum absolute atomic E-state index is 0.0309. The van der Waals surface area contributed by atoms with Gasteiger partial charge < -0.3 is 10.4 Å². The monoisotopic (exact) mass is 280 g/mol. The van der Waals surface area contributed by atoms with Gasteiger partial charge in [-0.05, 0) is 12.3 Å². The number of anilines is 1. The van der Waals surface area contributed by atoms with E-state index in [1.165, 1.54) is 0 Å². The molecule has 0 spiro atoms. The lowest BCUT2D eigenvalue weighted by Gasteiger charge is -2.17. The topological polar surface area (TPSA) is 87.1 Å². The highest BCUT2D eigenvalue weighted by atomic mass is 16.4. The molecule has 1 rings (SSSR count). The molecule has 1 atom stereocenters. The van der Waals surface area contributed by atoms with E-state index in [2.05, 4.69) is 27.5 Å². The Labute approximate surface area is 120 Å². The van der Waals surface area contributed by atoms with E-state index in [0.717, 1.165) is 24.9 Å². The number of carboxylic acids is 1. The zero-order valence-corrected chi connectivity index (χ0v) is 12.4. The molecule has 20 heavy (non-hydrogen) atoms. The minimum atomic E-state index is -0.834. The van der Waals surface area contributed by atoms with E-state index in [0.29, 0.717) is 12.5 Å². The maximum absolute atomic E-state index is 11.1. The van der Waals surface area contributed by atoms with Crippen molar-refractivity contribution in [1.82, 2.24) is 15.3 Å². The van der Waals surface area contributed by atoms with Crippen molar-refractivity contribution in [2.45, 2.75) is 46.2 Å². The van der Waals surface area contributed by atoms with Crippen molar-refractivity contribution >= 4 is 11.9 Å². The maximum Gasteiger partial charge on any atom is 0.320 e. The summed E-state index contributed by atoms with van der Waals surface area (Å²) in [5.74, 6) is -0.192. The third-order valence-electron chi connectivity index (χ3n) is 2.98. The van der Waals surface area contributed by atoms with Gasteiger partial charge in [0.05, 0.1) is 0 Å². The van der Waals surface area contributed by atoms with Crippen LogP contribution in [0.15, 0.2) is 12.4 Å². The van der Waals surface area contributed by atoms with E-state index in [1.54, 1.807) is 12.4 Å². The zero-order valence-electron chi connectivity index (χ0n) is 12.4. The third kappa shape index (κ3) is 5.52. The molecule has 6 nitrogen and oxygen atoms in total. The van der Waals surface area contributed by atoms with Crippen molar-refractivity contribution in [2.75, 3.05) is 11.9 Å². The second-order valence-corrected chi connectivity index (χ2v) is 5.14. The first-order valence-corrected chi connectivity index (χ1v) is 7.05. The van der Waals surface area contributed by atoms with E-state index in [-0.39, 0.29) is 5.92 Å². The minimum Gasteiger partial charge on any atom is -0.480 e. The summed E-state index contributed by atoms with van der Waals surface area (Å²) in [7, 11) is 0. The van der Waals surface area contributed by atoms with Crippen LogP contribution in [-0.4, -0.2) is 33.6 Å². The first kappa shape index (κ1) is 16.4. The van der Waals surface area contributed by atoms with Crippen LogP contribution in [0.4, 0.5) is 5.95 Å². The fraction of sp³-hybridized carbons (Fsp3) is 0.643. The van der Waals surface area contributed by atoms with Crippen molar-refractivity contribution < 1.29 is 9.90 Å².